The van der Waals surface area contributed by atoms with Gasteiger partial charge in [0.2, 0.25) is 5.91 Å². The highest BCUT2D eigenvalue weighted by atomic mass is 16.3. The Morgan fingerprint density at radius 3 is 2.62 bits per heavy atom. The van der Waals surface area contributed by atoms with Crippen LogP contribution in [0.25, 0.3) is 0 Å². The van der Waals surface area contributed by atoms with Crippen LogP contribution in [-0.2, 0) is 16.6 Å². The molecule has 1 saturated carbocycles. The molecule has 5 heteroatoms. The monoisotopic (exact) mass is 503 g/mol. The van der Waals surface area contributed by atoms with E-state index in [0.717, 1.165) is 64.8 Å². The average Bonchev–Trinajstić information content (AvgIpc) is 2.91. The van der Waals surface area contributed by atoms with Crippen molar-refractivity contribution in [1.82, 2.24) is 15.1 Å². The van der Waals surface area contributed by atoms with E-state index in [1.54, 1.807) is 6.07 Å². The zero-order valence-electron chi connectivity index (χ0n) is 22.6. The van der Waals surface area contributed by atoms with Gasteiger partial charge in [-0.05, 0) is 93.8 Å². The molecule has 200 valence electrons. The molecule has 1 amide bonds. The zero-order chi connectivity index (χ0) is 25.7. The van der Waals surface area contributed by atoms with Crippen LogP contribution in [0.2, 0.25) is 0 Å². The fourth-order valence-electron chi connectivity index (χ4n) is 7.39. The van der Waals surface area contributed by atoms with Gasteiger partial charge in [0.15, 0.2) is 0 Å². The van der Waals surface area contributed by atoms with Crippen molar-refractivity contribution in [2.75, 3.05) is 32.7 Å². The van der Waals surface area contributed by atoms with Gasteiger partial charge in [0.1, 0.15) is 5.75 Å². The smallest absolute Gasteiger partial charge is 0.221 e. The number of amides is 1. The molecular formula is C32H45N3O2. The number of hydrogen-bond donors (Lipinski definition) is 2. The summed E-state index contributed by atoms with van der Waals surface area (Å²) in [7, 11) is 0. The second-order valence-corrected chi connectivity index (χ2v) is 11.9. The van der Waals surface area contributed by atoms with Crippen LogP contribution in [-0.4, -0.2) is 65.6 Å². The Hall–Kier alpha value is -2.37. The lowest BCUT2D eigenvalue weighted by Gasteiger charge is -2.56. The highest BCUT2D eigenvalue weighted by Gasteiger charge is 2.51. The first-order valence-electron chi connectivity index (χ1n) is 14.6. The van der Waals surface area contributed by atoms with E-state index < -0.39 is 0 Å². The Balaban J connectivity index is 1.27. The number of nitrogens with one attached hydrogen (secondary N) is 1. The minimum absolute atomic E-state index is 0.0115. The Morgan fingerprint density at radius 2 is 1.84 bits per heavy atom. The largest absolute Gasteiger partial charge is 0.508 e. The molecule has 5 nitrogen and oxygen atoms in total. The van der Waals surface area contributed by atoms with Crippen LogP contribution in [0.4, 0.5) is 0 Å². The summed E-state index contributed by atoms with van der Waals surface area (Å²) < 4.78 is 0. The van der Waals surface area contributed by atoms with E-state index in [2.05, 4.69) is 58.4 Å². The third-order valence-corrected chi connectivity index (χ3v) is 9.38. The fourth-order valence-corrected chi connectivity index (χ4v) is 7.39. The second-order valence-electron chi connectivity index (χ2n) is 11.9. The number of aromatic hydroxyl groups is 1. The highest BCUT2D eigenvalue weighted by molar-refractivity contribution is 5.76. The zero-order valence-corrected chi connectivity index (χ0v) is 22.6. The second kappa shape index (κ2) is 12.0. The molecule has 4 atom stereocenters. The molecule has 2 saturated heterocycles. The van der Waals surface area contributed by atoms with E-state index in [4.69, 9.17) is 0 Å². The summed E-state index contributed by atoms with van der Waals surface area (Å²) in [4.78, 5) is 18.2. The Bertz CT molecular complexity index is 1020. The molecule has 0 radical (unpaired) electrons. The molecule has 1 aliphatic carbocycles. The van der Waals surface area contributed by atoms with Crippen LogP contribution >= 0.6 is 0 Å². The van der Waals surface area contributed by atoms with Gasteiger partial charge in [0.05, 0.1) is 0 Å². The number of aryl methyl sites for hydroxylation is 1. The number of rotatable bonds is 9. The van der Waals surface area contributed by atoms with Crippen LogP contribution in [0.3, 0.4) is 0 Å². The minimum Gasteiger partial charge on any atom is -0.508 e. The van der Waals surface area contributed by atoms with Gasteiger partial charge in [0.25, 0.3) is 0 Å². The van der Waals surface area contributed by atoms with E-state index >= 15 is 0 Å². The van der Waals surface area contributed by atoms with E-state index in [1.165, 1.54) is 30.4 Å². The fraction of sp³-hybridized carbons (Fsp3) is 0.594. The first-order chi connectivity index (χ1) is 18.0. The van der Waals surface area contributed by atoms with Crippen LogP contribution in [0, 0.1) is 5.92 Å². The van der Waals surface area contributed by atoms with Gasteiger partial charge in [-0.1, -0.05) is 55.8 Å². The maximum atomic E-state index is 13.1. The van der Waals surface area contributed by atoms with Gasteiger partial charge in [-0.25, -0.2) is 0 Å². The standard InChI is InChI=1S/C32H45N3O2/c1-25-24-35(18-9-12-26-10-4-2-5-11-26)29-21-28(33-31(37)15-19-34-16-6-3-7-17-34)22-32(25,23-29)27-13-8-14-30(36)20-27/h2,4-5,8,10-11,13-14,20,25,28-29,36H,3,6-7,9,12,15-19,21-24H2,1H3,(H,33,37)/t25-,28-,29+,32+/m0/s1. The molecule has 3 fully saturated rings. The van der Waals surface area contributed by atoms with Crippen molar-refractivity contribution in [3.63, 3.8) is 0 Å². The quantitative estimate of drug-likeness (QED) is 0.498. The van der Waals surface area contributed by atoms with Gasteiger partial charge in [-0.3, -0.25) is 9.69 Å². The van der Waals surface area contributed by atoms with Crippen molar-refractivity contribution in [2.45, 2.75) is 82.2 Å². The number of nitrogens with zero attached hydrogens (tertiary/aromatic N) is 2. The summed E-state index contributed by atoms with van der Waals surface area (Å²) in [5, 5.41) is 13.8. The Labute approximate surface area is 223 Å². The van der Waals surface area contributed by atoms with Crippen molar-refractivity contribution < 1.29 is 9.90 Å². The number of piperidine rings is 2. The van der Waals surface area contributed by atoms with Crippen molar-refractivity contribution in [2.24, 2.45) is 5.92 Å². The SMILES string of the molecule is C[C@H]1CN(CCCc2ccccc2)[C@@H]2C[C@H](NC(=O)CCN3CCCCC3)C[C@@]1(c1cccc(O)c1)C2. The predicted molar refractivity (Wildman–Crippen MR) is 150 cm³/mol. The number of carbonyl (C=O) groups is 1. The summed E-state index contributed by atoms with van der Waals surface area (Å²) in [5.41, 5.74) is 2.63. The van der Waals surface area contributed by atoms with Gasteiger partial charge in [-0.15, -0.1) is 0 Å². The minimum atomic E-state index is -0.0115. The highest BCUT2D eigenvalue weighted by Crippen LogP contribution is 2.50. The molecule has 2 aliphatic heterocycles. The number of phenols is 1. The van der Waals surface area contributed by atoms with Gasteiger partial charge in [0, 0.05) is 37.0 Å². The number of phenolic OH excluding ortho intramolecular Hbond substituents is 1. The van der Waals surface area contributed by atoms with E-state index in [1.807, 2.05) is 12.1 Å². The van der Waals surface area contributed by atoms with Gasteiger partial charge >= 0.3 is 0 Å². The lowest BCUT2D eigenvalue weighted by molar-refractivity contribution is -0.123. The molecule has 0 unspecified atom stereocenters. The number of likely N-dealkylation sites (tertiary alicyclic amines) is 2. The first kappa shape index (κ1) is 26.2. The van der Waals surface area contributed by atoms with Crippen molar-refractivity contribution in [3.05, 3.63) is 65.7 Å². The van der Waals surface area contributed by atoms with Gasteiger partial charge < -0.3 is 15.3 Å². The lowest BCUT2D eigenvalue weighted by atomic mass is 9.57. The van der Waals surface area contributed by atoms with Crippen LogP contribution in [0.1, 0.15) is 69.4 Å². The van der Waals surface area contributed by atoms with Crippen LogP contribution in [0.15, 0.2) is 54.6 Å². The van der Waals surface area contributed by atoms with E-state index in [9.17, 15) is 9.90 Å². The number of benzene rings is 2. The number of hydrogen-bond acceptors (Lipinski definition) is 4. The normalized spacial score (nSPS) is 28.6. The summed E-state index contributed by atoms with van der Waals surface area (Å²) in [6, 6.07) is 19.3. The molecule has 0 spiro atoms. The van der Waals surface area contributed by atoms with Crippen LogP contribution < -0.4 is 5.32 Å². The molecule has 5 rings (SSSR count). The Kier molecular flexibility index (Phi) is 8.51. The molecule has 3 aliphatic rings. The first-order valence-corrected chi connectivity index (χ1v) is 14.6. The summed E-state index contributed by atoms with van der Waals surface area (Å²) in [6.45, 7) is 7.69. The third-order valence-electron chi connectivity index (χ3n) is 9.38. The maximum Gasteiger partial charge on any atom is 0.221 e. The number of carbonyl (C=O) groups excluding carboxylic acids is 1. The molecule has 2 bridgehead atoms. The van der Waals surface area contributed by atoms with E-state index in [-0.39, 0.29) is 17.4 Å². The Morgan fingerprint density at radius 1 is 1.03 bits per heavy atom. The lowest BCUT2D eigenvalue weighted by Crippen LogP contribution is -2.61. The summed E-state index contributed by atoms with van der Waals surface area (Å²) in [6.07, 6.45) is 9.78. The average molecular weight is 504 g/mol. The molecule has 2 aromatic rings. The third kappa shape index (κ3) is 6.38. The van der Waals surface area contributed by atoms with Gasteiger partial charge in [-0.2, -0.15) is 0 Å². The van der Waals surface area contributed by atoms with E-state index in [0.29, 0.717) is 24.1 Å². The molecule has 2 N–H and O–H groups in total. The predicted octanol–water partition coefficient (Wildman–Crippen LogP) is 5.13. The summed E-state index contributed by atoms with van der Waals surface area (Å²) >= 11 is 0. The van der Waals surface area contributed by atoms with Crippen LogP contribution in [0.5, 0.6) is 5.75 Å². The van der Waals surface area contributed by atoms with Crippen molar-refractivity contribution in [1.29, 1.82) is 0 Å². The molecule has 2 heterocycles. The number of fused-ring (bicyclic) bond motifs is 2. The maximum absolute atomic E-state index is 13.1. The molecular weight excluding hydrogens is 458 g/mol. The molecule has 2 aromatic carbocycles. The molecule has 37 heavy (non-hydrogen) atoms. The summed E-state index contributed by atoms with van der Waals surface area (Å²) in [5.74, 6) is 0.994. The topological polar surface area (TPSA) is 55.8 Å². The molecule has 0 aromatic heterocycles. The van der Waals surface area contributed by atoms with Crippen molar-refractivity contribution in [3.8, 4) is 5.75 Å². The van der Waals surface area contributed by atoms with Crippen molar-refractivity contribution >= 4 is 5.91 Å².